The lowest BCUT2D eigenvalue weighted by Gasteiger charge is -2.37. The summed E-state index contributed by atoms with van der Waals surface area (Å²) in [4.78, 5) is 37.4. The van der Waals surface area contributed by atoms with Crippen molar-refractivity contribution in [3.8, 4) is 23.0 Å². The molecule has 9 nitrogen and oxygen atoms in total. The highest BCUT2D eigenvalue weighted by Crippen LogP contribution is 2.53. The van der Waals surface area contributed by atoms with Crippen molar-refractivity contribution < 1.29 is 61.1 Å². The standard InChI is InChI=1S/C29H27ClF2O5.C26H23ClF2O4/c1-18(33)36-26(17-19-8-15-24(31)25(16-19)37-23-6-4-3-5-7-23)29(32,28(34)35-2)27(20-9-10-20)21-11-13-22(30)14-12-21;27-19-11-9-18(10-12-19)24(17-7-8-17)26(29,25(31)32)23(30)15-16-6-13-21(28)22(14-16)33-20-4-2-1-3-5-20/h3-8,11-16,20,26-27H,9-10,17H2,1-2H3;1-6,9-14,17,23-24,30H,7-8,15H2,(H,31,32)/t26-,27+,29+;23-,24+,26+/m11/s1. The molecule has 2 saturated carbocycles. The van der Waals surface area contributed by atoms with Gasteiger partial charge in [-0.2, -0.15) is 0 Å². The van der Waals surface area contributed by atoms with E-state index in [9.17, 15) is 33.4 Å². The molecule has 0 amide bonds. The number of halogens is 6. The van der Waals surface area contributed by atoms with Gasteiger partial charge in [0, 0.05) is 41.6 Å². The van der Waals surface area contributed by atoms with Crippen LogP contribution >= 0.6 is 23.2 Å². The molecule has 0 bridgehead atoms. The van der Waals surface area contributed by atoms with Crippen molar-refractivity contribution in [2.45, 2.75) is 80.8 Å². The number of hydrogen-bond acceptors (Lipinski definition) is 8. The number of alkyl halides is 2. The Morgan fingerprint density at radius 2 is 1.04 bits per heavy atom. The molecule has 0 aromatic heterocycles. The second kappa shape index (κ2) is 22.6. The fourth-order valence-corrected chi connectivity index (χ4v) is 9.06. The summed E-state index contributed by atoms with van der Waals surface area (Å²) in [6.07, 6.45) is -1.21. The molecule has 8 rings (SSSR count). The molecular weight excluding hydrogens is 951 g/mol. The zero-order valence-electron chi connectivity index (χ0n) is 38.1. The van der Waals surface area contributed by atoms with Gasteiger partial charge in [-0.05, 0) is 133 Å². The Morgan fingerprint density at radius 1 is 0.629 bits per heavy atom. The number of carboxylic acid groups (broad SMARTS) is 1. The third-order valence-corrected chi connectivity index (χ3v) is 12.9. The van der Waals surface area contributed by atoms with E-state index >= 15 is 8.78 Å². The second-order valence-corrected chi connectivity index (χ2v) is 18.3. The maximum atomic E-state index is 17.3. The molecule has 2 aliphatic rings. The van der Waals surface area contributed by atoms with Gasteiger partial charge in [-0.25, -0.2) is 27.2 Å². The Labute approximate surface area is 412 Å². The molecule has 2 N–H and O–H groups in total. The quantitative estimate of drug-likeness (QED) is 0.0602. The van der Waals surface area contributed by atoms with E-state index in [1.54, 1.807) is 109 Å². The summed E-state index contributed by atoms with van der Waals surface area (Å²) in [6.45, 7) is 1.15. The number of rotatable bonds is 19. The van der Waals surface area contributed by atoms with Crippen molar-refractivity contribution in [3.63, 3.8) is 0 Å². The van der Waals surface area contributed by atoms with Gasteiger partial charge in [-0.3, -0.25) is 4.79 Å². The van der Waals surface area contributed by atoms with Gasteiger partial charge in [0.05, 0.1) is 7.11 Å². The molecule has 6 atom stereocenters. The van der Waals surface area contributed by atoms with Gasteiger partial charge >= 0.3 is 17.9 Å². The van der Waals surface area contributed by atoms with Crippen LogP contribution in [0.3, 0.4) is 0 Å². The number of benzene rings is 6. The zero-order valence-corrected chi connectivity index (χ0v) is 39.6. The van der Waals surface area contributed by atoms with Crippen molar-refractivity contribution >= 4 is 41.1 Å². The number of carbonyl (C=O) groups is 3. The van der Waals surface area contributed by atoms with E-state index in [1.165, 1.54) is 30.3 Å². The van der Waals surface area contributed by atoms with Gasteiger partial charge in [-0.1, -0.05) is 96.0 Å². The number of ether oxygens (including phenoxy) is 4. The normalized spacial score (nSPS) is 16.6. The molecule has 2 aliphatic carbocycles. The van der Waals surface area contributed by atoms with Gasteiger partial charge in [0.2, 0.25) is 5.67 Å². The minimum Gasteiger partial charge on any atom is -0.479 e. The van der Waals surface area contributed by atoms with Gasteiger partial charge in [0.15, 0.2) is 29.2 Å². The minimum atomic E-state index is -2.94. The highest BCUT2D eigenvalue weighted by molar-refractivity contribution is 6.30. The Bertz CT molecular complexity index is 2740. The van der Waals surface area contributed by atoms with Crippen molar-refractivity contribution in [3.05, 3.63) is 190 Å². The van der Waals surface area contributed by atoms with Crippen LogP contribution in [0.25, 0.3) is 0 Å². The first-order valence-electron chi connectivity index (χ1n) is 22.6. The van der Waals surface area contributed by atoms with Gasteiger partial charge < -0.3 is 29.2 Å². The van der Waals surface area contributed by atoms with Gasteiger partial charge in [0.1, 0.15) is 17.6 Å². The first kappa shape index (κ1) is 51.4. The predicted octanol–water partition coefficient (Wildman–Crippen LogP) is 13.0. The molecule has 0 saturated heterocycles. The van der Waals surface area contributed by atoms with Crippen LogP contribution < -0.4 is 9.47 Å². The van der Waals surface area contributed by atoms with Crippen molar-refractivity contribution in [2.75, 3.05) is 7.11 Å². The maximum absolute atomic E-state index is 17.3. The number of carboxylic acids is 1. The van der Waals surface area contributed by atoms with E-state index in [0.717, 1.165) is 20.1 Å². The number of hydrogen-bond donors (Lipinski definition) is 2. The Hall–Kier alpha value is -6.41. The van der Waals surface area contributed by atoms with Crippen LogP contribution in [0.4, 0.5) is 17.6 Å². The lowest BCUT2D eigenvalue weighted by atomic mass is 9.75. The van der Waals surface area contributed by atoms with E-state index in [2.05, 4.69) is 0 Å². The van der Waals surface area contributed by atoms with Crippen LogP contribution in [0.1, 0.15) is 66.7 Å². The lowest BCUT2D eigenvalue weighted by molar-refractivity contribution is -0.177. The fourth-order valence-electron chi connectivity index (χ4n) is 8.81. The topological polar surface area (TPSA) is 129 Å². The van der Waals surface area contributed by atoms with Crippen molar-refractivity contribution in [1.29, 1.82) is 0 Å². The minimum absolute atomic E-state index is 0.0794. The molecule has 15 heteroatoms. The number of para-hydroxylation sites is 2. The maximum Gasteiger partial charge on any atom is 0.348 e. The van der Waals surface area contributed by atoms with Crippen LogP contribution in [0.5, 0.6) is 23.0 Å². The number of carbonyl (C=O) groups excluding carboxylic acids is 2. The Morgan fingerprint density at radius 3 is 1.43 bits per heavy atom. The number of aliphatic hydroxyl groups is 1. The van der Waals surface area contributed by atoms with Crippen molar-refractivity contribution in [1.82, 2.24) is 0 Å². The monoisotopic (exact) mass is 1000 g/mol. The SMILES string of the molecule is COC(=O)[C@@](F)([C@H](c1ccc(Cl)cc1)C1CC1)[C@@H](Cc1ccc(F)c(Oc2ccccc2)c1)OC(C)=O.O=C(O)[C@](F)([C@H](O)Cc1ccc(F)c(Oc2ccccc2)c1)[C@H](c1ccc(Cl)cc1)C1CC1. The Balaban J connectivity index is 0.000000208. The third-order valence-electron chi connectivity index (χ3n) is 12.4. The first-order chi connectivity index (χ1) is 33.5. The van der Waals surface area contributed by atoms with Gasteiger partial charge in [0.25, 0.3) is 5.67 Å². The first-order valence-corrected chi connectivity index (χ1v) is 23.3. The van der Waals surface area contributed by atoms with E-state index in [1.807, 2.05) is 0 Å². The van der Waals surface area contributed by atoms with E-state index in [4.69, 9.17) is 42.1 Å². The molecule has 0 radical (unpaired) electrons. The third kappa shape index (κ3) is 12.3. The molecule has 0 heterocycles. The summed E-state index contributed by atoms with van der Waals surface area (Å²) in [5, 5.41) is 21.7. The van der Waals surface area contributed by atoms with Crippen molar-refractivity contribution in [2.24, 2.45) is 11.8 Å². The molecule has 0 aliphatic heterocycles. The average Bonchev–Trinajstić information content (AvgIpc) is 4.30. The van der Waals surface area contributed by atoms with E-state index in [-0.39, 0.29) is 36.2 Å². The number of methoxy groups -OCH3 is 1. The predicted molar refractivity (Wildman–Crippen MR) is 256 cm³/mol. The molecule has 0 spiro atoms. The molecule has 6 aromatic carbocycles. The van der Waals surface area contributed by atoms with Gasteiger partial charge in [-0.15, -0.1) is 0 Å². The Kier molecular flexibility index (Phi) is 16.6. The average molecular weight is 1000 g/mol. The molecule has 70 heavy (non-hydrogen) atoms. The number of esters is 2. The second-order valence-electron chi connectivity index (χ2n) is 17.4. The molecule has 2 fully saturated rings. The summed E-state index contributed by atoms with van der Waals surface area (Å²) in [6, 6.07) is 38.1. The highest BCUT2D eigenvalue weighted by atomic mass is 35.5. The smallest absolute Gasteiger partial charge is 0.348 e. The largest absolute Gasteiger partial charge is 0.479 e. The summed E-state index contributed by atoms with van der Waals surface area (Å²) >= 11 is 12.0. The number of aliphatic carboxylic acids is 1. The molecule has 0 unspecified atom stereocenters. The zero-order chi connectivity index (χ0) is 50.2. The fraction of sp³-hybridized carbons (Fsp3) is 0.291. The van der Waals surface area contributed by atoms with Crippen LogP contribution in [0.15, 0.2) is 146 Å². The van der Waals surface area contributed by atoms with Crippen LogP contribution in [0, 0.1) is 23.5 Å². The highest BCUT2D eigenvalue weighted by Gasteiger charge is 2.60. The van der Waals surface area contributed by atoms with E-state index in [0.29, 0.717) is 69.5 Å². The molecule has 366 valence electrons. The molecular formula is C55H50Cl2F4O9. The summed E-state index contributed by atoms with van der Waals surface area (Å²) in [5.74, 6) is -6.57. The van der Waals surface area contributed by atoms with E-state index < -0.39 is 64.9 Å². The summed E-state index contributed by atoms with van der Waals surface area (Å²) in [7, 11) is 1.09. The summed E-state index contributed by atoms with van der Waals surface area (Å²) < 4.78 is 84.0. The number of aliphatic hydroxyl groups excluding tert-OH is 1. The lowest BCUT2D eigenvalue weighted by Crippen LogP contribution is -2.54. The summed E-state index contributed by atoms with van der Waals surface area (Å²) in [5.41, 5.74) is -3.88. The van der Waals surface area contributed by atoms with Crippen LogP contribution in [0.2, 0.25) is 10.0 Å². The van der Waals surface area contributed by atoms with Crippen LogP contribution in [-0.4, -0.2) is 58.8 Å². The molecule has 6 aromatic rings. The van der Waals surface area contributed by atoms with Crippen LogP contribution in [-0.2, 0) is 36.7 Å².